The highest BCUT2D eigenvalue weighted by Gasteiger charge is 2.44. The summed E-state index contributed by atoms with van der Waals surface area (Å²) in [5, 5.41) is 3.19. The zero-order valence-corrected chi connectivity index (χ0v) is 20.8. The van der Waals surface area contributed by atoms with E-state index < -0.39 is 24.2 Å². The van der Waals surface area contributed by atoms with Gasteiger partial charge in [-0.05, 0) is 12.1 Å². The summed E-state index contributed by atoms with van der Waals surface area (Å²) in [6.07, 6.45) is 0. The molecule has 3 heteroatoms. The molecule has 0 atom stereocenters. The van der Waals surface area contributed by atoms with Crippen molar-refractivity contribution >= 4 is 34.6 Å². The molecule has 142 valence electrons. The fraction of sp³-hybridized carbons (Fsp3) is 0.333. The molecule has 0 unspecified atom stereocenters. The maximum atomic E-state index is 2.69. The van der Waals surface area contributed by atoms with Crippen LogP contribution >= 0.6 is 0 Å². The van der Waals surface area contributed by atoms with E-state index in [9.17, 15) is 0 Å². The van der Waals surface area contributed by atoms with Crippen LogP contribution in [0, 0.1) is 0 Å². The Labute approximate surface area is 169 Å². The largest absolute Gasteiger partial charge is 0.126 e. The van der Waals surface area contributed by atoms with Gasteiger partial charge in [-0.15, -0.1) is 0 Å². The van der Waals surface area contributed by atoms with Crippen LogP contribution in [0.1, 0.15) is 0 Å². The lowest BCUT2D eigenvalue weighted by Gasteiger charge is -2.28. The molecule has 1 heterocycles. The molecule has 27 heavy (non-hydrogen) atoms. The first-order valence-electron chi connectivity index (χ1n) is 10.1. The van der Waals surface area contributed by atoms with Crippen LogP contribution in [0.2, 0.25) is 51.4 Å². The molecule has 2 aromatic carbocycles. The molecule has 0 nitrogen and oxygen atoms in total. The number of benzene rings is 2. The van der Waals surface area contributed by atoms with Crippen molar-refractivity contribution < 1.29 is 0 Å². The van der Waals surface area contributed by atoms with E-state index in [0.717, 1.165) is 0 Å². The lowest BCUT2D eigenvalue weighted by atomic mass is 10.2. The second kappa shape index (κ2) is 7.53. The van der Waals surface area contributed by atoms with Gasteiger partial charge < -0.3 is 0 Å². The summed E-state index contributed by atoms with van der Waals surface area (Å²) in [6.45, 7) is 14.8. The van der Waals surface area contributed by atoms with Crippen molar-refractivity contribution in [2.75, 3.05) is 0 Å². The third-order valence-electron chi connectivity index (χ3n) is 5.26. The van der Waals surface area contributed by atoms with Crippen molar-refractivity contribution in [3.8, 4) is 0 Å². The standard InChI is InChI=1S/C24H34Si3/c1-25(2,3)17-21-19-27(23-13-9-7-10-14-23,24-15-11-8-12-16-24)20-22(21)18-26(4,5)6/h7-18H,19-20H2,1-6H3/b21-17+,22-18+. The van der Waals surface area contributed by atoms with Crippen LogP contribution in [0.5, 0.6) is 0 Å². The van der Waals surface area contributed by atoms with E-state index >= 15 is 0 Å². The molecule has 1 aliphatic rings. The van der Waals surface area contributed by atoms with Gasteiger partial charge in [0.05, 0.1) is 16.1 Å². The van der Waals surface area contributed by atoms with E-state index in [1.807, 2.05) is 0 Å². The van der Waals surface area contributed by atoms with Crippen molar-refractivity contribution in [2.45, 2.75) is 51.4 Å². The summed E-state index contributed by atoms with van der Waals surface area (Å²) in [7, 11) is -4.34. The van der Waals surface area contributed by atoms with Crippen LogP contribution in [0.15, 0.2) is 83.2 Å². The van der Waals surface area contributed by atoms with Crippen molar-refractivity contribution in [3.63, 3.8) is 0 Å². The van der Waals surface area contributed by atoms with Gasteiger partial charge >= 0.3 is 0 Å². The Hall–Kier alpha value is -1.43. The normalized spacial score (nSPS) is 20.4. The van der Waals surface area contributed by atoms with Crippen molar-refractivity contribution in [2.24, 2.45) is 0 Å². The van der Waals surface area contributed by atoms with Crippen molar-refractivity contribution in [1.29, 1.82) is 0 Å². The molecule has 1 aliphatic heterocycles. The average molecular weight is 407 g/mol. The molecule has 0 aromatic heterocycles. The molecule has 1 saturated heterocycles. The Balaban J connectivity index is 2.21. The predicted octanol–water partition coefficient (Wildman–Crippen LogP) is 5.87. The van der Waals surface area contributed by atoms with E-state index in [1.54, 1.807) is 21.5 Å². The van der Waals surface area contributed by atoms with Crippen LogP contribution in [0.4, 0.5) is 0 Å². The van der Waals surface area contributed by atoms with Gasteiger partial charge in [0.15, 0.2) is 0 Å². The van der Waals surface area contributed by atoms with Gasteiger partial charge in [-0.1, -0.05) is 133 Å². The summed E-state index contributed by atoms with van der Waals surface area (Å²) in [5.74, 6) is 0. The second-order valence-electron chi connectivity index (χ2n) is 10.2. The minimum absolute atomic E-state index is 1.27. The first-order valence-corrected chi connectivity index (χ1v) is 19.7. The fourth-order valence-electron chi connectivity index (χ4n) is 4.36. The topological polar surface area (TPSA) is 0 Å². The van der Waals surface area contributed by atoms with Crippen molar-refractivity contribution in [3.05, 3.63) is 83.2 Å². The van der Waals surface area contributed by atoms with E-state index in [4.69, 9.17) is 0 Å². The lowest BCUT2D eigenvalue weighted by molar-refractivity contribution is 1.42. The Bertz CT molecular complexity index is 761. The SMILES string of the molecule is C[Si](C)(C)/C=C1\C[Si](c2ccccc2)(c2ccccc2)C\C1=C/[Si](C)(C)C. The Kier molecular flexibility index (Phi) is 5.67. The van der Waals surface area contributed by atoms with Crippen LogP contribution in [0.25, 0.3) is 0 Å². The Morgan fingerprint density at radius 3 is 1.22 bits per heavy atom. The molecule has 0 radical (unpaired) electrons. The average Bonchev–Trinajstić information content (AvgIpc) is 2.92. The minimum Gasteiger partial charge on any atom is -0.0919 e. The number of rotatable bonds is 4. The monoisotopic (exact) mass is 406 g/mol. The highest BCUT2D eigenvalue weighted by Crippen LogP contribution is 2.40. The van der Waals surface area contributed by atoms with Gasteiger partial charge in [-0.3, -0.25) is 0 Å². The summed E-state index contributed by atoms with van der Waals surface area (Å²) >= 11 is 0. The number of hydrogen-bond acceptors (Lipinski definition) is 0. The van der Waals surface area contributed by atoms with E-state index in [1.165, 1.54) is 12.1 Å². The van der Waals surface area contributed by atoms with Crippen LogP contribution in [-0.2, 0) is 0 Å². The third-order valence-corrected chi connectivity index (χ3v) is 12.5. The molecule has 2 aromatic rings. The zero-order valence-electron chi connectivity index (χ0n) is 17.8. The molecular formula is C24H34Si3. The number of hydrogen-bond donors (Lipinski definition) is 0. The Morgan fingerprint density at radius 1 is 0.593 bits per heavy atom. The summed E-state index contributed by atoms with van der Waals surface area (Å²) in [5.41, 5.74) is 8.74. The van der Waals surface area contributed by atoms with Gasteiger partial charge in [-0.2, -0.15) is 0 Å². The van der Waals surface area contributed by atoms with Gasteiger partial charge in [0.2, 0.25) is 0 Å². The van der Waals surface area contributed by atoms with E-state index in [2.05, 4.69) is 111 Å². The molecule has 0 N–H and O–H groups in total. The van der Waals surface area contributed by atoms with Gasteiger partial charge in [0.25, 0.3) is 0 Å². The summed E-state index contributed by atoms with van der Waals surface area (Å²) in [4.78, 5) is 0. The quantitative estimate of drug-likeness (QED) is 0.557. The Morgan fingerprint density at radius 2 is 0.926 bits per heavy atom. The van der Waals surface area contributed by atoms with E-state index in [-0.39, 0.29) is 0 Å². The molecule has 0 saturated carbocycles. The molecule has 0 bridgehead atoms. The van der Waals surface area contributed by atoms with Crippen molar-refractivity contribution in [1.82, 2.24) is 0 Å². The van der Waals surface area contributed by atoms with E-state index in [0.29, 0.717) is 0 Å². The first kappa shape index (κ1) is 20.3. The minimum atomic E-state index is -1.80. The first-order chi connectivity index (χ1) is 12.6. The molecule has 3 rings (SSSR count). The smallest absolute Gasteiger partial charge is 0.0919 e. The van der Waals surface area contributed by atoms with Gasteiger partial charge in [-0.25, -0.2) is 0 Å². The van der Waals surface area contributed by atoms with Crippen LogP contribution in [-0.4, -0.2) is 24.2 Å². The maximum Gasteiger partial charge on any atom is 0.126 e. The lowest BCUT2D eigenvalue weighted by Crippen LogP contribution is -2.56. The molecule has 0 spiro atoms. The third kappa shape index (κ3) is 4.89. The fourth-order valence-corrected chi connectivity index (χ4v) is 12.3. The summed E-state index contributed by atoms with van der Waals surface area (Å²) in [6, 6.07) is 25.3. The highest BCUT2D eigenvalue weighted by molar-refractivity contribution is 7.04. The van der Waals surface area contributed by atoms with Crippen LogP contribution < -0.4 is 10.4 Å². The highest BCUT2D eigenvalue weighted by atomic mass is 28.3. The zero-order chi connectivity index (χ0) is 19.7. The molecular weight excluding hydrogens is 373 g/mol. The van der Waals surface area contributed by atoms with Crippen LogP contribution in [0.3, 0.4) is 0 Å². The molecule has 0 aliphatic carbocycles. The van der Waals surface area contributed by atoms with Gasteiger partial charge in [0, 0.05) is 0 Å². The molecule has 0 amide bonds. The molecule has 1 fully saturated rings. The predicted molar refractivity (Wildman–Crippen MR) is 130 cm³/mol. The van der Waals surface area contributed by atoms with Gasteiger partial charge in [0.1, 0.15) is 8.07 Å². The maximum absolute atomic E-state index is 2.69. The number of allylic oxidation sites excluding steroid dienone is 2. The summed E-state index contributed by atoms with van der Waals surface area (Å²) < 4.78 is 0. The second-order valence-corrected chi connectivity index (χ2v) is 24.3.